The number of fused-ring (bicyclic) bond motifs is 1. The Kier molecular flexibility index (Phi) is 5.56. The van der Waals surface area contributed by atoms with Gasteiger partial charge in [0.05, 0.1) is 10.2 Å². The minimum absolute atomic E-state index is 0.0573. The summed E-state index contributed by atoms with van der Waals surface area (Å²) in [6.45, 7) is -2.87. The second kappa shape index (κ2) is 8.27. The summed E-state index contributed by atoms with van der Waals surface area (Å²) in [5.74, 6) is -0.331. The van der Waals surface area contributed by atoms with E-state index in [-0.39, 0.29) is 17.4 Å². The average molecular weight is 453 g/mol. The maximum Gasteiger partial charge on any atom is 0.387 e. The fourth-order valence-electron chi connectivity index (χ4n) is 2.39. The Labute approximate surface area is 176 Å². The summed E-state index contributed by atoms with van der Waals surface area (Å²) in [6.07, 6.45) is 0. The molecule has 2 heterocycles. The Bertz CT molecular complexity index is 1160. The Balaban J connectivity index is 1.41. The molecule has 0 unspecified atom stereocenters. The molecule has 4 aromatic rings. The number of carbonyl (C=O) groups is 1. The third-order valence-corrected chi connectivity index (χ3v) is 5.56. The number of ether oxygens (including phenoxy) is 1. The van der Waals surface area contributed by atoms with Gasteiger partial charge in [0.2, 0.25) is 0 Å². The number of nitrogens with one attached hydrogen (secondary N) is 2. The third kappa shape index (κ3) is 4.78. The zero-order valence-electron chi connectivity index (χ0n) is 14.4. The molecule has 1 amide bonds. The number of rotatable bonds is 6. The van der Waals surface area contributed by atoms with Crippen LogP contribution in [0.2, 0.25) is 5.02 Å². The first-order valence-electron chi connectivity index (χ1n) is 8.11. The first kappa shape index (κ1) is 19.5. The standard InChI is InChI=1S/C18H11ClF2N4O2S2/c19-9-1-6-12-14(7-9)29-18(23-12)25-15(26)13-8-28-17(24-13)22-10-2-4-11(5-3-10)27-16(20)21/h1-8,16H,(H,22,24)(H,23,25,26). The summed E-state index contributed by atoms with van der Waals surface area (Å²) in [7, 11) is 0. The summed E-state index contributed by atoms with van der Waals surface area (Å²) >= 11 is 8.52. The van der Waals surface area contributed by atoms with E-state index in [0.29, 0.717) is 21.0 Å². The summed E-state index contributed by atoms with van der Waals surface area (Å²) in [5, 5.41) is 8.87. The van der Waals surface area contributed by atoms with Crippen molar-refractivity contribution < 1.29 is 18.3 Å². The minimum atomic E-state index is -2.87. The minimum Gasteiger partial charge on any atom is -0.435 e. The number of hydrogen-bond acceptors (Lipinski definition) is 7. The highest BCUT2D eigenvalue weighted by molar-refractivity contribution is 7.22. The average Bonchev–Trinajstić information content (AvgIpc) is 3.29. The van der Waals surface area contributed by atoms with Crippen LogP contribution in [0.1, 0.15) is 10.5 Å². The van der Waals surface area contributed by atoms with E-state index in [1.54, 1.807) is 35.7 Å². The van der Waals surface area contributed by atoms with Crippen LogP contribution in [0.3, 0.4) is 0 Å². The molecule has 0 fully saturated rings. The van der Waals surface area contributed by atoms with Crippen LogP contribution in [0.15, 0.2) is 47.8 Å². The number of anilines is 3. The quantitative estimate of drug-likeness (QED) is 0.375. The lowest BCUT2D eigenvalue weighted by Gasteiger charge is -2.06. The van der Waals surface area contributed by atoms with Crippen LogP contribution in [0.25, 0.3) is 10.2 Å². The zero-order chi connectivity index (χ0) is 20.4. The summed E-state index contributed by atoms with van der Waals surface area (Å²) in [6, 6.07) is 11.3. The second-order valence-electron chi connectivity index (χ2n) is 5.65. The van der Waals surface area contributed by atoms with Crippen molar-refractivity contribution in [3.63, 3.8) is 0 Å². The van der Waals surface area contributed by atoms with Crippen LogP contribution in [-0.4, -0.2) is 22.5 Å². The summed E-state index contributed by atoms with van der Waals surface area (Å²) < 4.78 is 29.5. The molecule has 0 saturated heterocycles. The molecule has 11 heteroatoms. The van der Waals surface area contributed by atoms with E-state index >= 15 is 0 Å². The zero-order valence-corrected chi connectivity index (χ0v) is 16.7. The number of benzene rings is 2. The van der Waals surface area contributed by atoms with Gasteiger partial charge in [0, 0.05) is 16.1 Å². The maximum atomic E-state index is 12.4. The molecule has 0 saturated carbocycles. The molecule has 2 aromatic heterocycles. The van der Waals surface area contributed by atoms with Gasteiger partial charge in [-0.3, -0.25) is 10.1 Å². The van der Waals surface area contributed by atoms with E-state index in [1.165, 1.54) is 34.8 Å². The summed E-state index contributed by atoms with van der Waals surface area (Å²) in [5.41, 5.74) is 1.60. The van der Waals surface area contributed by atoms with Gasteiger partial charge in [-0.25, -0.2) is 9.97 Å². The topological polar surface area (TPSA) is 76.1 Å². The monoisotopic (exact) mass is 452 g/mol. The number of aromatic nitrogens is 2. The van der Waals surface area contributed by atoms with E-state index in [1.807, 2.05) is 0 Å². The fourth-order valence-corrected chi connectivity index (χ4v) is 4.24. The largest absolute Gasteiger partial charge is 0.435 e. The van der Waals surface area contributed by atoms with Crippen LogP contribution in [0.5, 0.6) is 5.75 Å². The van der Waals surface area contributed by atoms with Crippen LogP contribution >= 0.6 is 34.3 Å². The number of carbonyl (C=O) groups excluding carboxylic acids is 1. The number of thiazole rings is 2. The molecule has 0 aliphatic rings. The van der Waals surface area contributed by atoms with Gasteiger partial charge in [-0.05, 0) is 42.5 Å². The van der Waals surface area contributed by atoms with Gasteiger partial charge in [0.25, 0.3) is 5.91 Å². The van der Waals surface area contributed by atoms with Crippen molar-refractivity contribution in [2.75, 3.05) is 10.6 Å². The molecule has 4 rings (SSSR count). The predicted octanol–water partition coefficient (Wildman–Crippen LogP) is 6.00. The lowest BCUT2D eigenvalue weighted by Crippen LogP contribution is -2.12. The van der Waals surface area contributed by atoms with Gasteiger partial charge in [-0.2, -0.15) is 8.78 Å². The van der Waals surface area contributed by atoms with Crippen molar-refractivity contribution in [2.24, 2.45) is 0 Å². The first-order chi connectivity index (χ1) is 14.0. The molecule has 0 bridgehead atoms. The van der Waals surface area contributed by atoms with E-state index < -0.39 is 6.61 Å². The smallest absolute Gasteiger partial charge is 0.387 e. The lowest BCUT2D eigenvalue weighted by atomic mass is 10.3. The normalized spacial score (nSPS) is 11.0. The predicted molar refractivity (Wildman–Crippen MR) is 111 cm³/mol. The highest BCUT2D eigenvalue weighted by atomic mass is 35.5. The van der Waals surface area contributed by atoms with E-state index in [9.17, 15) is 13.6 Å². The van der Waals surface area contributed by atoms with Crippen molar-refractivity contribution in [1.82, 2.24) is 9.97 Å². The molecule has 0 aliphatic heterocycles. The lowest BCUT2D eigenvalue weighted by molar-refractivity contribution is -0.0498. The van der Waals surface area contributed by atoms with Gasteiger partial charge in [-0.1, -0.05) is 22.9 Å². The highest BCUT2D eigenvalue weighted by Gasteiger charge is 2.14. The summed E-state index contributed by atoms with van der Waals surface area (Å²) in [4.78, 5) is 21.0. The van der Waals surface area contributed by atoms with Crippen LogP contribution in [-0.2, 0) is 0 Å². The molecule has 2 aromatic carbocycles. The molecule has 0 aliphatic carbocycles. The van der Waals surface area contributed by atoms with Gasteiger partial charge in [-0.15, -0.1) is 11.3 Å². The molecule has 0 radical (unpaired) electrons. The number of amides is 1. The number of alkyl halides is 2. The fraction of sp³-hybridized carbons (Fsp3) is 0.0556. The molecule has 6 nitrogen and oxygen atoms in total. The van der Waals surface area contributed by atoms with Crippen LogP contribution < -0.4 is 15.4 Å². The highest BCUT2D eigenvalue weighted by Crippen LogP contribution is 2.29. The van der Waals surface area contributed by atoms with Crippen LogP contribution in [0, 0.1) is 0 Å². The van der Waals surface area contributed by atoms with E-state index in [4.69, 9.17) is 11.6 Å². The molecule has 0 spiro atoms. The Hall–Kier alpha value is -2.82. The van der Waals surface area contributed by atoms with Gasteiger partial charge in [0.15, 0.2) is 10.3 Å². The SMILES string of the molecule is O=C(Nc1nc2ccc(Cl)cc2s1)c1csc(Nc2ccc(OC(F)F)cc2)n1. The molecule has 29 heavy (non-hydrogen) atoms. The molecule has 2 N–H and O–H groups in total. The van der Waals surface area contributed by atoms with Crippen molar-refractivity contribution >= 4 is 66.3 Å². The van der Waals surface area contributed by atoms with Crippen molar-refractivity contribution in [1.29, 1.82) is 0 Å². The third-order valence-electron chi connectivity index (χ3n) is 3.64. The Morgan fingerprint density at radius 1 is 1.10 bits per heavy atom. The van der Waals surface area contributed by atoms with Crippen LogP contribution in [0.4, 0.5) is 24.7 Å². The van der Waals surface area contributed by atoms with Crippen molar-refractivity contribution in [2.45, 2.75) is 6.61 Å². The van der Waals surface area contributed by atoms with Crippen molar-refractivity contribution in [3.05, 3.63) is 58.6 Å². The molecule has 148 valence electrons. The molecule has 0 atom stereocenters. The molecular weight excluding hydrogens is 442 g/mol. The van der Waals surface area contributed by atoms with Gasteiger partial charge in [0.1, 0.15) is 11.4 Å². The van der Waals surface area contributed by atoms with Gasteiger partial charge >= 0.3 is 6.61 Å². The Morgan fingerprint density at radius 3 is 2.66 bits per heavy atom. The maximum absolute atomic E-state index is 12.4. The van der Waals surface area contributed by atoms with Gasteiger partial charge < -0.3 is 10.1 Å². The number of nitrogens with zero attached hydrogens (tertiary/aromatic N) is 2. The Morgan fingerprint density at radius 2 is 1.90 bits per heavy atom. The number of halogens is 3. The molecular formula is C18H11ClF2N4O2S2. The van der Waals surface area contributed by atoms with Crippen molar-refractivity contribution in [3.8, 4) is 5.75 Å². The first-order valence-corrected chi connectivity index (χ1v) is 10.2. The van der Waals surface area contributed by atoms with E-state index in [2.05, 4.69) is 25.3 Å². The van der Waals surface area contributed by atoms with E-state index in [0.717, 1.165) is 10.2 Å². The number of hydrogen-bond donors (Lipinski definition) is 2. The second-order valence-corrected chi connectivity index (χ2v) is 7.98.